The maximum absolute atomic E-state index is 11.9. The first-order valence-electron chi connectivity index (χ1n) is 7.62. The molecular weight excluding hydrogens is 292 g/mol. The minimum absolute atomic E-state index is 0.0733. The van der Waals surface area contributed by atoms with E-state index in [1.165, 1.54) is 6.92 Å². The SMILES string of the molecule is CC(=O)N(CCC(=O)NCc1ccco1)c1ccc(C)cc1C. The topological polar surface area (TPSA) is 62.6 Å². The van der Waals surface area contributed by atoms with Gasteiger partial charge in [-0.25, -0.2) is 0 Å². The summed E-state index contributed by atoms with van der Waals surface area (Å²) in [5, 5.41) is 2.78. The molecule has 0 atom stereocenters. The predicted octanol–water partition coefficient (Wildman–Crippen LogP) is 2.96. The summed E-state index contributed by atoms with van der Waals surface area (Å²) < 4.78 is 5.16. The van der Waals surface area contributed by atoms with Crippen LogP contribution in [0.2, 0.25) is 0 Å². The second-order valence-electron chi connectivity index (χ2n) is 5.57. The molecule has 0 fully saturated rings. The summed E-state index contributed by atoms with van der Waals surface area (Å²) in [5.41, 5.74) is 3.02. The van der Waals surface area contributed by atoms with E-state index in [1.54, 1.807) is 23.3 Å². The van der Waals surface area contributed by atoms with Crippen LogP contribution in [-0.2, 0) is 16.1 Å². The Balaban J connectivity index is 1.94. The maximum Gasteiger partial charge on any atom is 0.223 e. The Bertz CT molecular complexity index is 678. The van der Waals surface area contributed by atoms with Crippen LogP contribution >= 0.6 is 0 Å². The first kappa shape index (κ1) is 16.8. The molecule has 5 nitrogen and oxygen atoms in total. The number of hydrogen-bond acceptors (Lipinski definition) is 3. The minimum Gasteiger partial charge on any atom is -0.467 e. The summed E-state index contributed by atoms with van der Waals surface area (Å²) in [7, 11) is 0. The van der Waals surface area contributed by atoms with Crippen LogP contribution in [-0.4, -0.2) is 18.4 Å². The van der Waals surface area contributed by atoms with Gasteiger partial charge in [-0.2, -0.15) is 0 Å². The van der Waals surface area contributed by atoms with E-state index < -0.39 is 0 Å². The van der Waals surface area contributed by atoms with Gasteiger partial charge in [0.2, 0.25) is 11.8 Å². The largest absolute Gasteiger partial charge is 0.467 e. The highest BCUT2D eigenvalue weighted by Gasteiger charge is 2.15. The Labute approximate surface area is 136 Å². The Morgan fingerprint density at radius 1 is 1.22 bits per heavy atom. The van der Waals surface area contributed by atoms with Crippen LogP contribution in [0.1, 0.15) is 30.2 Å². The average molecular weight is 314 g/mol. The number of nitrogens with one attached hydrogen (secondary N) is 1. The van der Waals surface area contributed by atoms with Crippen LogP contribution in [0.15, 0.2) is 41.0 Å². The average Bonchev–Trinajstić information content (AvgIpc) is 3.00. The molecule has 1 heterocycles. The highest BCUT2D eigenvalue weighted by Crippen LogP contribution is 2.21. The molecule has 0 aliphatic heterocycles. The van der Waals surface area contributed by atoms with Crippen molar-refractivity contribution in [1.82, 2.24) is 5.32 Å². The van der Waals surface area contributed by atoms with Crippen LogP contribution in [0.5, 0.6) is 0 Å². The van der Waals surface area contributed by atoms with Gasteiger partial charge in [0.15, 0.2) is 0 Å². The zero-order valence-corrected chi connectivity index (χ0v) is 13.8. The van der Waals surface area contributed by atoms with Gasteiger partial charge in [-0.05, 0) is 37.6 Å². The number of hydrogen-bond donors (Lipinski definition) is 1. The summed E-state index contributed by atoms with van der Waals surface area (Å²) in [5.74, 6) is 0.518. The molecule has 0 saturated heterocycles. The van der Waals surface area contributed by atoms with Gasteiger partial charge in [-0.3, -0.25) is 9.59 Å². The Hall–Kier alpha value is -2.56. The first-order chi connectivity index (χ1) is 11.0. The van der Waals surface area contributed by atoms with E-state index in [-0.39, 0.29) is 18.2 Å². The molecule has 2 aromatic rings. The number of nitrogens with zero attached hydrogens (tertiary/aromatic N) is 1. The molecule has 23 heavy (non-hydrogen) atoms. The predicted molar refractivity (Wildman–Crippen MR) is 89.1 cm³/mol. The molecule has 1 aromatic carbocycles. The van der Waals surface area contributed by atoms with Gasteiger partial charge >= 0.3 is 0 Å². The zero-order valence-electron chi connectivity index (χ0n) is 13.8. The fourth-order valence-corrected chi connectivity index (χ4v) is 2.46. The van der Waals surface area contributed by atoms with Crippen LogP contribution in [0, 0.1) is 13.8 Å². The van der Waals surface area contributed by atoms with Crippen LogP contribution < -0.4 is 10.2 Å². The lowest BCUT2D eigenvalue weighted by Crippen LogP contribution is -2.34. The summed E-state index contributed by atoms with van der Waals surface area (Å²) in [6.45, 7) is 6.20. The number of aryl methyl sites for hydroxylation is 2. The van der Waals surface area contributed by atoms with E-state index in [4.69, 9.17) is 4.42 Å². The van der Waals surface area contributed by atoms with E-state index in [0.29, 0.717) is 18.8 Å². The molecule has 2 amide bonds. The number of amides is 2. The molecule has 2 rings (SSSR count). The molecule has 1 N–H and O–H groups in total. The number of carbonyl (C=O) groups excluding carboxylic acids is 2. The first-order valence-corrected chi connectivity index (χ1v) is 7.62. The molecular formula is C18H22N2O3. The summed E-state index contributed by atoms with van der Waals surface area (Å²) in [6, 6.07) is 9.50. The fourth-order valence-electron chi connectivity index (χ4n) is 2.46. The smallest absolute Gasteiger partial charge is 0.223 e. The highest BCUT2D eigenvalue weighted by atomic mass is 16.3. The van der Waals surface area contributed by atoms with Crippen molar-refractivity contribution in [2.45, 2.75) is 33.7 Å². The molecule has 0 bridgehead atoms. The fraction of sp³-hybridized carbons (Fsp3) is 0.333. The van der Waals surface area contributed by atoms with Crippen LogP contribution in [0.4, 0.5) is 5.69 Å². The lowest BCUT2D eigenvalue weighted by Gasteiger charge is -2.23. The van der Waals surface area contributed by atoms with Crippen molar-refractivity contribution in [2.75, 3.05) is 11.4 Å². The van der Waals surface area contributed by atoms with Gasteiger partial charge in [-0.15, -0.1) is 0 Å². The third-order valence-electron chi connectivity index (χ3n) is 3.63. The molecule has 0 unspecified atom stereocenters. The third kappa shape index (κ3) is 4.71. The van der Waals surface area contributed by atoms with Gasteiger partial charge in [-0.1, -0.05) is 17.7 Å². The lowest BCUT2D eigenvalue weighted by atomic mass is 10.1. The maximum atomic E-state index is 11.9. The van der Waals surface area contributed by atoms with Gasteiger partial charge < -0.3 is 14.6 Å². The molecule has 0 radical (unpaired) electrons. The van der Waals surface area contributed by atoms with E-state index in [2.05, 4.69) is 5.32 Å². The quantitative estimate of drug-likeness (QED) is 0.891. The number of anilines is 1. The molecule has 0 aliphatic rings. The molecule has 0 aliphatic carbocycles. The number of furan rings is 1. The van der Waals surface area contributed by atoms with E-state index >= 15 is 0 Å². The second kappa shape index (κ2) is 7.63. The van der Waals surface area contributed by atoms with Gasteiger partial charge in [0.25, 0.3) is 0 Å². The van der Waals surface area contributed by atoms with Gasteiger partial charge in [0.05, 0.1) is 12.8 Å². The van der Waals surface area contributed by atoms with Crippen molar-refractivity contribution in [3.63, 3.8) is 0 Å². The van der Waals surface area contributed by atoms with Crippen molar-refractivity contribution in [3.8, 4) is 0 Å². The van der Waals surface area contributed by atoms with Gasteiger partial charge in [0.1, 0.15) is 5.76 Å². The van der Waals surface area contributed by atoms with Crippen molar-refractivity contribution in [1.29, 1.82) is 0 Å². The van der Waals surface area contributed by atoms with Crippen LogP contribution in [0.25, 0.3) is 0 Å². The lowest BCUT2D eigenvalue weighted by molar-refractivity contribution is -0.121. The van der Waals surface area contributed by atoms with Gasteiger partial charge in [0, 0.05) is 25.6 Å². The number of rotatable bonds is 6. The van der Waals surface area contributed by atoms with E-state index in [0.717, 1.165) is 16.8 Å². The standard InChI is InChI=1S/C18H22N2O3/c1-13-6-7-17(14(2)11-13)20(15(3)21)9-8-18(22)19-12-16-5-4-10-23-16/h4-7,10-11H,8-9,12H2,1-3H3,(H,19,22). The molecule has 0 saturated carbocycles. The minimum atomic E-state index is -0.114. The highest BCUT2D eigenvalue weighted by molar-refractivity contribution is 5.93. The molecule has 5 heteroatoms. The van der Waals surface area contributed by atoms with E-state index in [9.17, 15) is 9.59 Å². The third-order valence-corrected chi connectivity index (χ3v) is 3.63. The molecule has 0 spiro atoms. The number of benzene rings is 1. The molecule has 1 aromatic heterocycles. The normalized spacial score (nSPS) is 10.4. The van der Waals surface area contributed by atoms with Crippen molar-refractivity contribution < 1.29 is 14.0 Å². The summed E-state index contributed by atoms with van der Waals surface area (Å²) in [6.07, 6.45) is 1.81. The monoisotopic (exact) mass is 314 g/mol. The molecule has 122 valence electrons. The second-order valence-corrected chi connectivity index (χ2v) is 5.57. The Morgan fingerprint density at radius 2 is 2.00 bits per heavy atom. The van der Waals surface area contributed by atoms with Crippen molar-refractivity contribution in [2.24, 2.45) is 0 Å². The summed E-state index contributed by atoms with van der Waals surface area (Å²) in [4.78, 5) is 25.5. The van der Waals surface area contributed by atoms with Crippen LogP contribution in [0.3, 0.4) is 0 Å². The zero-order chi connectivity index (χ0) is 16.8. The Morgan fingerprint density at radius 3 is 2.61 bits per heavy atom. The van der Waals surface area contributed by atoms with Crippen molar-refractivity contribution >= 4 is 17.5 Å². The van der Waals surface area contributed by atoms with Crippen molar-refractivity contribution in [3.05, 3.63) is 53.5 Å². The van der Waals surface area contributed by atoms with E-state index in [1.807, 2.05) is 32.0 Å². The summed E-state index contributed by atoms with van der Waals surface area (Å²) >= 11 is 0. The Kier molecular flexibility index (Phi) is 5.57. The number of carbonyl (C=O) groups is 2.